The molecule has 1 aromatic rings. The van der Waals surface area contributed by atoms with Gasteiger partial charge in [-0.15, -0.1) is 11.3 Å². The van der Waals surface area contributed by atoms with Crippen molar-refractivity contribution < 1.29 is 13.6 Å². The van der Waals surface area contributed by atoms with Crippen molar-refractivity contribution in [1.29, 1.82) is 0 Å². The van der Waals surface area contributed by atoms with Crippen molar-refractivity contribution in [2.75, 3.05) is 0 Å². The van der Waals surface area contributed by atoms with E-state index < -0.39 is 11.7 Å². The fourth-order valence-electron chi connectivity index (χ4n) is 0.624. The van der Waals surface area contributed by atoms with Gasteiger partial charge in [0.2, 0.25) is 5.78 Å². The minimum Gasteiger partial charge on any atom is -0.286 e. The number of carbonyl (C=O) groups is 1. The summed E-state index contributed by atoms with van der Waals surface area (Å²) < 4.78 is 24.7. The van der Waals surface area contributed by atoms with Gasteiger partial charge in [0.25, 0.3) is 0 Å². The van der Waals surface area contributed by atoms with Crippen LogP contribution in [0.15, 0.2) is 17.5 Å². The molecule has 0 N–H and O–H groups in total. The predicted molar refractivity (Wildman–Crippen MR) is 39.3 cm³/mol. The number of hydrogen-bond acceptors (Lipinski definition) is 2. The van der Waals surface area contributed by atoms with Crippen molar-refractivity contribution in [3.05, 3.63) is 22.4 Å². The summed E-state index contributed by atoms with van der Waals surface area (Å²) in [4.78, 5) is 10.9. The number of halogens is 2. The van der Waals surface area contributed by atoms with Crippen molar-refractivity contribution in [1.82, 2.24) is 0 Å². The van der Waals surface area contributed by atoms with E-state index >= 15 is 0 Å². The Morgan fingerprint density at radius 3 is 2.64 bits per heavy atom. The largest absolute Gasteiger partial charge is 0.307 e. The molecule has 0 bridgehead atoms. The molecule has 1 heterocycles. The van der Waals surface area contributed by atoms with Crippen molar-refractivity contribution in [2.45, 2.75) is 12.8 Å². The zero-order chi connectivity index (χ0) is 8.48. The van der Waals surface area contributed by atoms with E-state index in [0.29, 0.717) is 6.92 Å². The molecule has 0 unspecified atom stereocenters. The van der Waals surface area contributed by atoms with Crippen molar-refractivity contribution in [3.8, 4) is 0 Å². The van der Waals surface area contributed by atoms with Crippen LogP contribution in [0.3, 0.4) is 0 Å². The Morgan fingerprint density at radius 1 is 1.64 bits per heavy atom. The molecule has 0 aliphatic rings. The van der Waals surface area contributed by atoms with Crippen LogP contribution in [0.5, 0.6) is 0 Å². The highest BCUT2D eigenvalue weighted by Crippen LogP contribution is 2.21. The topological polar surface area (TPSA) is 17.1 Å². The second kappa shape index (κ2) is 2.70. The molecule has 0 saturated carbocycles. The Bertz CT molecular complexity index is 248. The van der Waals surface area contributed by atoms with Crippen molar-refractivity contribution in [3.63, 3.8) is 0 Å². The summed E-state index contributed by atoms with van der Waals surface area (Å²) in [5.74, 6) is -4.35. The predicted octanol–water partition coefficient (Wildman–Crippen LogP) is 2.59. The van der Waals surface area contributed by atoms with Gasteiger partial charge in [0, 0.05) is 6.92 Å². The first-order valence-corrected chi connectivity index (χ1v) is 3.86. The molecular weight excluding hydrogens is 170 g/mol. The van der Waals surface area contributed by atoms with Crippen LogP contribution in [-0.2, 0) is 0 Å². The molecule has 0 amide bonds. The van der Waals surface area contributed by atoms with E-state index in [1.165, 1.54) is 6.07 Å². The van der Waals surface area contributed by atoms with E-state index in [0.717, 1.165) is 11.3 Å². The van der Waals surface area contributed by atoms with Gasteiger partial charge >= 0.3 is 5.92 Å². The van der Waals surface area contributed by atoms with Crippen molar-refractivity contribution in [2.24, 2.45) is 0 Å². The lowest BCUT2D eigenvalue weighted by Crippen LogP contribution is -2.23. The summed E-state index contributed by atoms with van der Waals surface area (Å²) in [6.45, 7) is 0.606. The molecule has 0 radical (unpaired) electrons. The zero-order valence-electron chi connectivity index (χ0n) is 5.80. The Hall–Kier alpha value is -0.770. The number of hydrogen-bond donors (Lipinski definition) is 0. The van der Waals surface area contributed by atoms with E-state index in [9.17, 15) is 13.6 Å². The first kappa shape index (κ1) is 8.33. The van der Waals surface area contributed by atoms with E-state index in [4.69, 9.17) is 0 Å². The van der Waals surface area contributed by atoms with Gasteiger partial charge in [-0.3, -0.25) is 4.79 Å². The highest BCUT2D eigenvalue weighted by molar-refractivity contribution is 7.12. The number of Topliss-reactive ketones (excluding diaryl/α,β-unsaturated/α-hetero) is 1. The highest BCUT2D eigenvalue weighted by Gasteiger charge is 2.33. The smallest absolute Gasteiger partial charge is 0.286 e. The first-order chi connectivity index (χ1) is 5.02. The van der Waals surface area contributed by atoms with E-state index in [2.05, 4.69) is 0 Å². The van der Waals surface area contributed by atoms with E-state index in [1.54, 1.807) is 11.4 Å². The van der Waals surface area contributed by atoms with Crippen LogP contribution in [0.1, 0.15) is 16.6 Å². The molecule has 0 fully saturated rings. The average molecular weight is 176 g/mol. The molecule has 0 atom stereocenters. The van der Waals surface area contributed by atoms with Gasteiger partial charge in [-0.05, 0) is 11.4 Å². The summed E-state index contributed by atoms with van der Waals surface area (Å²) in [5, 5.41) is 1.60. The quantitative estimate of drug-likeness (QED) is 0.633. The van der Waals surface area contributed by atoms with Gasteiger partial charge in [-0.2, -0.15) is 8.78 Å². The second-order valence-electron chi connectivity index (χ2n) is 2.19. The summed E-state index contributed by atoms with van der Waals surface area (Å²) in [6, 6.07) is 2.97. The maximum absolute atomic E-state index is 12.3. The fourth-order valence-corrected chi connectivity index (χ4v) is 1.37. The lowest BCUT2D eigenvalue weighted by Gasteiger charge is -2.05. The number of rotatable bonds is 2. The Kier molecular flexibility index (Phi) is 2.04. The Balaban J connectivity index is 2.88. The van der Waals surface area contributed by atoms with Crippen molar-refractivity contribution >= 4 is 17.1 Å². The Labute approximate surface area is 66.7 Å². The van der Waals surface area contributed by atoms with Gasteiger partial charge < -0.3 is 0 Å². The van der Waals surface area contributed by atoms with Crippen LogP contribution in [-0.4, -0.2) is 11.7 Å². The van der Waals surface area contributed by atoms with Gasteiger partial charge in [-0.1, -0.05) is 6.07 Å². The third-order valence-electron chi connectivity index (χ3n) is 1.14. The molecule has 0 aliphatic heterocycles. The van der Waals surface area contributed by atoms with Crippen LogP contribution in [0.4, 0.5) is 8.78 Å². The monoisotopic (exact) mass is 176 g/mol. The van der Waals surface area contributed by atoms with E-state index in [1.807, 2.05) is 0 Å². The molecule has 1 nitrogen and oxygen atoms in total. The summed E-state index contributed by atoms with van der Waals surface area (Å²) in [7, 11) is 0. The lowest BCUT2D eigenvalue weighted by atomic mass is 10.2. The van der Waals surface area contributed by atoms with Gasteiger partial charge in [0.05, 0.1) is 4.88 Å². The number of thiophene rings is 1. The minimum atomic E-state index is -3.25. The molecule has 1 aromatic heterocycles. The molecule has 60 valence electrons. The molecule has 0 aliphatic carbocycles. The molecule has 0 aromatic carbocycles. The summed E-state index contributed by atoms with van der Waals surface area (Å²) in [5.41, 5.74) is 0. The van der Waals surface area contributed by atoms with Gasteiger partial charge in [-0.25, -0.2) is 0 Å². The normalized spacial score (nSPS) is 11.5. The molecule has 11 heavy (non-hydrogen) atoms. The van der Waals surface area contributed by atoms with Crippen LogP contribution in [0, 0.1) is 0 Å². The van der Waals surface area contributed by atoms with Gasteiger partial charge in [0.1, 0.15) is 0 Å². The first-order valence-electron chi connectivity index (χ1n) is 2.98. The zero-order valence-corrected chi connectivity index (χ0v) is 6.62. The lowest BCUT2D eigenvalue weighted by molar-refractivity contribution is 0.0226. The average Bonchev–Trinajstić information content (AvgIpc) is 2.34. The third kappa shape index (κ3) is 1.83. The van der Waals surface area contributed by atoms with E-state index in [-0.39, 0.29) is 4.88 Å². The summed E-state index contributed by atoms with van der Waals surface area (Å²) >= 11 is 1.03. The molecule has 0 spiro atoms. The van der Waals surface area contributed by atoms with Crippen LogP contribution >= 0.6 is 11.3 Å². The molecular formula is C7H6F2OS. The molecule has 1 rings (SSSR count). The third-order valence-corrected chi connectivity index (χ3v) is 2.01. The second-order valence-corrected chi connectivity index (χ2v) is 3.14. The maximum atomic E-state index is 12.3. The highest BCUT2D eigenvalue weighted by atomic mass is 32.1. The molecule has 4 heteroatoms. The maximum Gasteiger partial charge on any atom is 0.307 e. The van der Waals surface area contributed by atoms with Crippen LogP contribution < -0.4 is 0 Å². The minimum absolute atomic E-state index is 0.109. The van der Waals surface area contributed by atoms with Crippen LogP contribution in [0.25, 0.3) is 0 Å². The van der Waals surface area contributed by atoms with Gasteiger partial charge in [0.15, 0.2) is 0 Å². The standard InChI is InChI=1S/C7H6F2OS/c1-7(8,9)6(10)5-3-2-4-11-5/h2-4H,1H3. The fraction of sp³-hybridized carbons (Fsp3) is 0.286. The molecule has 0 saturated heterocycles. The Morgan fingerprint density at radius 2 is 2.27 bits per heavy atom. The van der Waals surface area contributed by atoms with Crippen LogP contribution in [0.2, 0.25) is 0 Å². The number of ketones is 1. The SMILES string of the molecule is CC(F)(F)C(=O)c1cccs1. The number of carbonyl (C=O) groups excluding carboxylic acids is 1. The summed E-state index contributed by atoms with van der Waals surface area (Å²) in [6.07, 6.45) is 0. The number of alkyl halides is 2.